The molecule has 0 spiro atoms. The maximum Gasteiger partial charge on any atom is 0.0467 e. The van der Waals surface area contributed by atoms with E-state index in [1.54, 1.807) is 0 Å². The van der Waals surface area contributed by atoms with Gasteiger partial charge in [0, 0.05) is 28.4 Å². The number of hydrogen-bond acceptors (Lipinski definition) is 1. The summed E-state index contributed by atoms with van der Waals surface area (Å²) in [5, 5.41) is 0. The maximum absolute atomic E-state index is 2.42. The van der Waals surface area contributed by atoms with Crippen LogP contribution in [0, 0.1) is 0 Å². The van der Waals surface area contributed by atoms with E-state index in [-0.39, 0.29) is 11.3 Å². The molecule has 7 aromatic carbocycles. The Balaban J connectivity index is 1.16. The van der Waals surface area contributed by atoms with Gasteiger partial charge >= 0.3 is 0 Å². The van der Waals surface area contributed by atoms with E-state index in [1.165, 1.54) is 66.9 Å². The van der Waals surface area contributed by atoms with E-state index in [9.17, 15) is 0 Å². The minimum Gasteiger partial charge on any atom is -0.310 e. The average Bonchev–Trinajstić information content (AvgIpc) is 3.57. The molecule has 0 aromatic heterocycles. The van der Waals surface area contributed by atoms with Crippen LogP contribution in [-0.4, -0.2) is 0 Å². The average molecular weight is 602 g/mol. The lowest BCUT2D eigenvalue weighted by Gasteiger charge is -2.28. The summed E-state index contributed by atoms with van der Waals surface area (Å²) in [5.74, 6) is 0.227. The Bertz CT molecular complexity index is 2280. The Kier molecular flexibility index (Phi) is 6.30. The van der Waals surface area contributed by atoms with Crippen molar-refractivity contribution in [2.45, 2.75) is 25.2 Å². The lowest BCUT2D eigenvalue weighted by atomic mass is 9.82. The highest BCUT2D eigenvalue weighted by Gasteiger charge is 2.36. The molecule has 1 atom stereocenters. The minimum absolute atomic E-state index is 0.0660. The van der Waals surface area contributed by atoms with Gasteiger partial charge in [-0.1, -0.05) is 141 Å². The van der Waals surface area contributed by atoms with Crippen molar-refractivity contribution in [2.75, 3.05) is 4.90 Å². The zero-order valence-corrected chi connectivity index (χ0v) is 26.7. The SMILES string of the molecule is CC1(C)c2ccccc2-c2ccc(N(c3ccccc3)c3cccc(-c4ccc5c(c4)C(c4ccccc4)c4ccccc4-5)c3)cc21. The van der Waals surface area contributed by atoms with Gasteiger partial charge in [-0.05, 0) is 104 Å². The smallest absolute Gasteiger partial charge is 0.0467 e. The summed E-state index contributed by atoms with van der Waals surface area (Å²) in [4.78, 5) is 2.40. The van der Waals surface area contributed by atoms with Crippen molar-refractivity contribution in [3.05, 3.63) is 198 Å². The standard InChI is InChI=1S/C46H35N/c1-46(2)43-23-12-11-21-39(43)40-27-25-36(30-44(40)46)47(34-17-7-4-8-18-34)35-19-13-16-32(28-35)33-24-26-38-37-20-9-10-22-41(37)45(42(38)29-33)31-14-5-3-6-15-31/h3-30,45H,1-2H3. The van der Waals surface area contributed by atoms with Crippen molar-refractivity contribution in [3.63, 3.8) is 0 Å². The molecule has 0 N–H and O–H groups in total. The molecule has 9 rings (SSSR count). The van der Waals surface area contributed by atoms with Crippen LogP contribution in [0.5, 0.6) is 0 Å². The maximum atomic E-state index is 2.42. The molecule has 2 aliphatic rings. The Morgan fingerprint density at radius 1 is 0.404 bits per heavy atom. The summed E-state index contributed by atoms with van der Waals surface area (Å²) in [7, 11) is 0. The number of anilines is 3. The quantitative estimate of drug-likeness (QED) is 0.190. The molecule has 47 heavy (non-hydrogen) atoms. The molecule has 1 heteroatoms. The van der Waals surface area contributed by atoms with Gasteiger partial charge in [0.15, 0.2) is 0 Å². The van der Waals surface area contributed by atoms with E-state index in [1.807, 2.05) is 0 Å². The van der Waals surface area contributed by atoms with Crippen molar-refractivity contribution < 1.29 is 0 Å². The Morgan fingerprint density at radius 3 is 1.83 bits per heavy atom. The summed E-state index contributed by atoms with van der Waals surface area (Å²) >= 11 is 0. The summed E-state index contributed by atoms with van der Waals surface area (Å²) in [5.41, 5.74) is 18.1. The molecule has 0 heterocycles. The first-order chi connectivity index (χ1) is 23.1. The molecule has 0 bridgehead atoms. The van der Waals surface area contributed by atoms with E-state index in [0.717, 1.165) is 11.4 Å². The van der Waals surface area contributed by atoms with Crippen molar-refractivity contribution >= 4 is 17.1 Å². The molecule has 1 nitrogen and oxygen atoms in total. The number of para-hydroxylation sites is 1. The first-order valence-corrected chi connectivity index (χ1v) is 16.6. The van der Waals surface area contributed by atoms with Crippen molar-refractivity contribution in [3.8, 4) is 33.4 Å². The van der Waals surface area contributed by atoms with E-state index >= 15 is 0 Å². The van der Waals surface area contributed by atoms with Gasteiger partial charge in [-0.15, -0.1) is 0 Å². The summed E-state index contributed by atoms with van der Waals surface area (Å²) in [6, 6.07) is 62.5. The van der Waals surface area contributed by atoms with Crippen LogP contribution < -0.4 is 4.90 Å². The van der Waals surface area contributed by atoms with Gasteiger partial charge in [-0.3, -0.25) is 0 Å². The molecule has 0 saturated carbocycles. The third-order valence-electron chi connectivity index (χ3n) is 10.3. The number of nitrogens with zero attached hydrogens (tertiary/aromatic N) is 1. The lowest BCUT2D eigenvalue weighted by molar-refractivity contribution is 0.660. The Hall–Kier alpha value is -5.66. The second kappa shape index (κ2) is 10.7. The van der Waals surface area contributed by atoms with Gasteiger partial charge in [-0.25, -0.2) is 0 Å². The van der Waals surface area contributed by atoms with Crippen molar-refractivity contribution in [1.29, 1.82) is 0 Å². The zero-order chi connectivity index (χ0) is 31.5. The molecule has 0 radical (unpaired) electrons. The first-order valence-electron chi connectivity index (χ1n) is 16.6. The van der Waals surface area contributed by atoms with Crippen LogP contribution in [0.2, 0.25) is 0 Å². The molecule has 0 amide bonds. The number of benzene rings is 7. The second-order valence-corrected chi connectivity index (χ2v) is 13.4. The lowest BCUT2D eigenvalue weighted by Crippen LogP contribution is -2.16. The minimum atomic E-state index is -0.0660. The highest BCUT2D eigenvalue weighted by atomic mass is 15.1. The van der Waals surface area contributed by atoms with Gasteiger partial charge in [0.05, 0.1) is 0 Å². The molecule has 0 saturated heterocycles. The monoisotopic (exact) mass is 601 g/mol. The molecule has 2 aliphatic carbocycles. The van der Waals surface area contributed by atoms with Crippen molar-refractivity contribution in [1.82, 2.24) is 0 Å². The third-order valence-corrected chi connectivity index (χ3v) is 10.3. The summed E-state index contributed by atoms with van der Waals surface area (Å²) < 4.78 is 0. The predicted molar refractivity (Wildman–Crippen MR) is 197 cm³/mol. The van der Waals surface area contributed by atoms with Crippen LogP contribution >= 0.6 is 0 Å². The fourth-order valence-electron chi connectivity index (χ4n) is 8.07. The number of rotatable bonds is 5. The topological polar surface area (TPSA) is 3.24 Å². The van der Waals surface area contributed by atoms with E-state index in [4.69, 9.17) is 0 Å². The van der Waals surface area contributed by atoms with Crippen molar-refractivity contribution in [2.24, 2.45) is 0 Å². The molecule has 224 valence electrons. The first kappa shape index (κ1) is 27.6. The highest BCUT2D eigenvalue weighted by Crippen LogP contribution is 2.51. The van der Waals surface area contributed by atoms with Crippen LogP contribution in [0.25, 0.3) is 33.4 Å². The molecular weight excluding hydrogens is 567 g/mol. The van der Waals surface area contributed by atoms with Gasteiger partial charge < -0.3 is 4.90 Å². The summed E-state index contributed by atoms with van der Waals surface area (Å²) in [6.45, 7) is 4.70. The third kappa shape index (κ3) is 4.38. The molecule has 0 fully saturated rings. The fourth-order valence-corrected chi connectivity index (χ4v) is 8.07. The Morgan fingerprint density at radius 2 is 1.00 bits per heavy atom. The van der Waals surface area contributed by atoms with Crippen LogP contribution in [0.3, 0.4) is 0 Å². The van der Waals surface area contributed by atoms with E-state index in [2.05, 4.69) is 189 Å². The van der Waals surface area contributed by atoms with Crippen LogP contribution in [-0.2, 0) is 5.41 Å². The van der Waals surface area contributed by atoms with E-state index in [0.29, 0.717) is 0 Å². The van der Waals surface area contributed by atoms with Gasteiger partial charge in [0.1, 0.15) is 0 Å². The zero-order valence-electron chi connectivity index (χ0n) is 26.7. The normalized spacial score (nSPS) is 15.0. The molecule has 7 aromatic rings. The van der Waals surface area contributed by atoms with Gasteiger partial charge in [0.2, 0.25) is 0 Å². The summed E-state index contributed by atoms with van der Waals surface area (Å²) in [6.07, 6.45) is 0. The molecule has 0 aliphatic heterocycles. The van der Waals surface area contributed by atoms with Crippen LogP contribution in [0.15, 0.2) is 170 Å². The second-order valence-electron chi connectivity index (χ2n) is 13.4. The molecule has 1 unspecified atom stereocenters. The number of hydrogen-bond donors (Lipinski definition) is 0. The largest absolute Gasteiger partial charge is 0.310 e. The molecular formula is C46H35N. The van der Waals surface area contributed by atoms with Gasteiger partial charge in [-0.2, -0.15) is 0 Å². The van der Waals surface area contributed by atoms with Gasteiger partial charge in [0.25, 0.3) is 0 Å². The predicted octanol–water partition coefficient (Wildman–Crippen LogP) is 12.3. The Labute approximate surface area is 277 Å². The van der Waals surface area contributed by atoms with Crippen LogP contribution in [0.4, 0.5) is 17.1 Å². The fraction of sp³-hybridized carbons (Fsp3) is 0.0870. The van der Waals surface area contributed by atoms with Crippen LogP contribution in [0.1, 0.15) is 47.6 Å². The van der Waals surface area contributed by atoms with E-state index < -0.39 is 0 Å². The highest BCUT2D eigenvalue weighted by molar-refractivity contribution is 5.87. The number of fused-ring (bicyclic) bond motifs is 6.